The summed E-state index contributed by atoms with van der Waals surface area (Å²) in [6, 6.07) is 2.90. The van der Waals surface area contributed by atoms with E-state index in [4.69, 9.17) is 17.3 Å². The van der Waals surface area contributed by atoms with Gasteiger partial charge in [0.05, 0.1) is 28.5 Å². The summed E-state index contributed by atoms with van der Waals surface area (Å²) in [5.41, 5.74) is 7.64. The van der Waals surface area contributed by atoms with Gasteiger partial charge in [-0.05, 0) is 24.5 Å². The average molecular weight is 299 g/mol. The number of amides is 1. The van der Waals surface area contributed by atoms with Gasteiger partial charge >= 0.3 is 0 Å². The maximum atomic E-state index is 12.0. The van der Waals surface area contributed by atoms with Gasteiger partial charge in [-0.3, -0.25) is 4.79 Å². The number of hydrogen-bond acceptors (Lipinski definition) is 5. The molecule has 2 rings (SSSR count). The molecule has 1 atom stereocenters. The molecule has 3 N–H and O–H groups in total. The maximum absolute atomic E-state index is 12.0. The molecule has 0 saturated heterocycles. The molecule has 1 aromatic carbocycles. The fourth-order valence-corrected chi connectivity index (χ4v) is 2.52. The summed E-state index contributed by atoms with van der Waals surface area (Å²) in [7, 11) is 0. The first-order chi connectivity index (χ1) is 8.99. The molecule has 5 nitrogen and oxygen atoms in total. The van der Waals surface area contributed by atoms with Crippen molar-refractivity contribution < 1.29 is 4.79 Å². The molecule has 0 radical (unpaired) electrons. The van der Waals surface area contributed by atoms with Crippen LogP contribution >= 0.6 is 23.3 Å². The van der Waals surface area contributed by atoms with Crippen LogP contribution in [0, 0.1) is 5.92 Å². The summed E-state index contributed by atoms with van der Waals surface area (Å²) in [6.45, 7) is 4.04. The van der Waals surface area contributed by atoms with Crippen LogP contribution in [0.1, 0.15) is 20.3 Å². The number of fused-ring (bicyclic) bond motifs is 1. The molecule has 19 heavy (non-hydrogen) atoms. The Morgan fingerprint density at radius 3 is 2.89 bits per heavy atom. The van der Waals surface area contributed by atoms with Gasteiger partial charge in [0, 0.05) is 0 Å². The maximum Gasteiger partial charge on any atom is 0.241 e. The lowest BCUT2D eigenvalue weighted by molar-refractivity contribution is -0.117. The van der Waals surface area contributed by atoms with Crippen LogP contribution in [0.5, 0.6) is 0 Å². The molecule has 0 aliphatic carbocycles. The van der Waals surface area contributed by atoms with E-state index in [9.17, 15) is 4.79 Å². The fraction of sp³-hybridized carbons (Fsp3) is 0.417. The van der Waals surface area contributed by atoms with Crippen molar-refractivity contribution in [3.8, 4) is 0 Å². The number of halogens is 1. The molecule has 0 unspecified atom stereocenters. The van der Waals surface area contributed by atoms with Crippen molar-refractivity contribution in [1.82, 2.24) is 8.75 Å². The van der Waals surface area contributed by atoms with Gasteiger partial charge in [0.1, 0.15) is 11.0 Å². The molecule has 0 bridgehead atoms. The standard InChI is InChI=1S/C12H15ClN4OS/c1-6(2)5-8(14)12(18)15-10-7(13)3-4-9-11(10)17-19-16-9/h3-4,6,8H,5,14H2,1-2H3,(H,15,18)/t8-/m1/s1. The van der Waals surface area contributed by atoms with Gasteiger partial charge < -0.3 is 11.1 Å². The highest BCUT2D eigenvalue weighted by Gasteiger charge is 2.18. The number of benzene rings is 1. The minimum absolute atomic E-state index is 0.254. The Balaban J connectivity index is 2.23. The molecule has 102 valence electrons. The summed E-state index contributed by atoms with van der Waals surface area (Å²) in [5.74, 6) is 0.101. The van der Waals surface area contributed by atoms with Crippen molar-refractivity contribution in [3.63, 3.8) is 0 Å². The monoisotopic (exact) mass is 298 g/mol. The van der Waals surface area contributed by atoms with Crippen LogP contribution in [-0.2, 0) is 4.79 Å². The fourth-order valence-electron chi connectivity index (χ4n) is 1.78. The lowest BCUT2D eigenvalue weighted by Gasteiger charge is -2.14. The zero-order valence-corrected chi connectivity index (χ0v) is 12.3. The number of nitrogens with zero attached hydrogens (tertiary/aromatic N) is 2. The molecule has 0 spiro atoms. The number of aromatic nitrogens is 2. The quantitative estimate of drug-likeness (QED) is 0.909. The Morgan fingerprint density at radius 2 is 2.21 bits per heavy atom. The van der Waals surface area contributed by atoms with Gasteiger partial charge in [0.2, 0.25) is 5.91 Å². The van der Waals surface area contributed by atoms with Crippen molar-refractivity contribution in [2.24, 2.45) is 11.7 Å². The Morgan fingerprint density at radius 1 is 1.47 bits per heavy atom. The SMILES string of the molecule is CC(C)C[C@@H](N)C(=O)Nc1c(Cl)ccc2nsnc12. The summed E-state index contributed by atoms with van der Waals surface area (Å²) >= 11 is 7.18. The molecule has 2 aromatic rings. The molecule has 1 amide bonds. The van der Waals surface area contributed by atoms with Gasteiger partial charge in [0.25, 0.3) is 0 Å². The lowest BCUT2D eigenvalue weighted by Crippen LogP contribution is -2.36. The number of anilines is 1. The smallest absolute Gasteiger partial charge is 0.241 e. The Bertz CT molecular complexity index is 598. The van der Waals surface area contributed by atoms with Crippen molar-refractivity contribution in [2.45, 2.75) is 26.3 Å². The first-order valence-electron chi connectivity index (χ1n) is 5.96. The number of hydrogen-bond donors (Lipinski definition) is 2. The second-order valence-electron chi connectivity index (χ2n) is 4.78. The highest BCUT2D eigenvalue weighted by Crippen LogP contribution is 2.30. The minimum atomic E-state index is -0.557. The van der Waals surface area contributed by atoms with Crippen molar-refractivity contribution in [3.05, 3.63) is 17.2 Å². The van der Waals surface area contributed by atoms with Crippen LogP contribution in [0.2, 0.25) is 5.02 Å². The number of rotatable bonds is 4. The third-order valence-electron chi connectivity index (χ3n) is 2.69. The molecule has 1 heterocycles. The highest BCUT2D eigenvalue weighted by molar-refractivity contribution is 7.00. The second kappa shape index (κ2) is 5.81. The average Bonchev–Trinajstić information content (AvgIpc) is 2.80. The van der Waals surface area contributed by atoms with E-state index in [2.05, 4.69) is 14.1 Å². The summed E-state index contributed by atoms with van der Waals surface area (Å²) < 4.78 is 8.25. The van der Waals surface area contributed by atoms with E-state index in [0.29, 0.717) is 34.1 Å². The van der Waals surface area contributed by atoms with E-state index in [-0.39, 0.29) is 5.91 Å². The molecule has 7 heteroatoms. The topological polar surface area (TPSA) is 80.9 Å². The lowest BCUT2D eigenvalue weighted by atomic mass is 10.0. The highest BCUT2D eigenvalue weighted by atomic mass is 35.5. The molecule has 0 aliphatic heterocycles. The Kier molecular flexibility index (Phi) is 4.34. The molecule has 1 aromatic heterocycles. The third kappa shape index (κ3) is 3.20. The van der Waals surface area contributed by atoms with Crippen LogP contribution in [0.3, 0.4) is 0 Å². The van der Waals surface area contributed by atoms with Crippen LogP contribution in [0.4, 0.5) is 5.69 Å². The number of carbonyl (C=O) groups excluding carboxylic acids is 1. The molecule has 0 fully saturated rings. The van der Waals surface area contributed by atoms with E-state index in [1.54, 1.807) is 12.1 Å². The van der Waals surface area contributed by atoms with Crippen LogP contribution in [0.15, 0.2) is 12.1 Å². The van der Waals surface area contributed by atoms with Gasteiger partial charge in [0.15, 0.2) is 0 Å². The van der Waals surface area contributed by atoms with E-state index in [1.807, 2.05) is 13.8 Å². The third-order valence-corrected chi connectivity index (χ3v) is 3.54. The Hall–Kier alpha value is -1.24. The molecular weight excluding hydrogens is 284 g/mol. The van der Waals surface area contributed by atoms with Crippen molar-refractivity contribution in [2.75, 3.05) is 5.32 Å². The number of carbonyl (C=O) groups is 1. The van der Waals surface area contributed by atoms with Crippen molar-refractivity contribution in [1.29, 1.82) is 0 Å². The summed E-state index contributed by atoms with van der Waals surface area (Å²) in [6.07, 6.45) is 0.620. The van der Waals surface area contributed by atoms with Crippen LogP contribution in [0.25, 0.3) is 11.0 Å². The zero-order chi connectivity index (χ0) is 14.0. The number of nitrogens with one attached hydrogen (secondary N) is 1. The minimum Gasteiger partial charge on any atom is -0.322 e. The van der Waals surface area contributed by atoms with Crippen LogP contribution in [-0.4, -0.2) is 20.7 Å². The zero-order valence-electron chi connectivity index (χ0n) is 10.7. The van der Waals surface area contributed by atoms with Crippen molar-refractivity contribution >= 4 is 46.0 Å². The van der Waals surface area contributed by atoms with E-state index >= 15 is 0 Å². The largest absolute Gasteiger partial charge is 0.322 e. The van der Waals surface area contributed by atoms with E-state index in [0.717, 1.165) is 11.7 Å². The Labute approximate surface area is 120 Å². The number of nitrogens with two attached hydrogens (primary N) is 1. The second-order valence-corrected chi connectivity index (χ2v) is 5.72. The van der Waals surface area contributed by atoms with Gasteiger partial charge in [-0.15, -0.1) is 0 Å². The predicted octanol–water partition coefficient (Wildman–Crippen LogP) is 2.66. The van der Waals surface area contributed by atoms with Gasteiger partial charge in [-0.1, -0.05) is 25.4 Å². The summed E-state index contributed by atoms with van der Waals surface area (Å²) in [5, 5.41) is 3.19. The first kappa shape index (κ1) is 14.2. The first-order valence-corrected chi connectivity index (χ1v) is 7.07. The van der Waals surface area contributed by atoms with Crippen LogP contribution < -0.4 is 11.1 Å². The molecular formula is C12H15ClN4OS. The predicted molar refractivity (Wildman–Crippen MR) is 78.5 cm³/mol. The molecule has 0 aliphatic rings. The molecule has 0 saturated carbocycles. The normalized spacial score (nSPS) is 12.9. The van der Waals surface area contributed by atoms with Gasteiger partial charge in [-0.2, -0.15) is 8.75 Å². The van der Waals surface area contributed by atoms with Gasteiger partial charge in [-0.25, -0.2) is 0 Å². The van der Waals surface area contributed by atoms with E-state index < -0.39 is 6.04 Å². The summed E-state index contributed by atoms with van der Waals surface area (Å²) in [4.78, 5) is 12.0. The van der Waals surface area contributed by atoms with E-state index in [1.165, 1.54) is 0 Å².